The highest BCUT2D eigenvalue weighted by Gasteiger charge is 2.28. The monoisotopic (exact) mass is 368 g/mol. The summed E-state index contributed by atoms with van der Waals surface area (Å²) < 4.78 is 1.94. The second kappa shape index (κ2) is 8.37. The van der Waals surface area contributed by atoms with Crippen molar-refractivity contribution in [2.75, 3.05) is 18.9 Å². The van der Waals surface area contributed by atoms with Crippen molar-refractivity contribution >= 4 is 17.5 Å². The molecule has 0 unspecified atom stereocenters. The molecule has 0 atom stereocenters. The summed E-state index contributed by atoms with van der Waals surface area (Å²) in [5.74, 6) is 0.0282. The van der Waals surface area contributed by atoms with Gasteiger partial charge in [0, 0.05) is 25.8 Å². The largest absolute Gasteiger partial charge is 0.339 e. The predicted molar refractivity (Wildman–Crippen MR) is 106 cm³/mol. The number of amides is 2. The van der Waals surface area contributed by atoms with E-state index in [9.17, 15) is 9.59 Å². The molecule has 144 valence electrons. The molecule has 6 nitrogen and oxygen atoms in total. The average Bonchev–Trinajstić information content (AvgIpc) is 3.05. The normalized spacial score (nSPS) is 13.1. The first-order valence-corrected chi connectivity index (χ1v) is 9.74. The zero-order chi connectivity index (χ0) is 19.4. The van der Waals surface area contributed by atoms with Gasteiger partial charge in [0.1, 0.15) is 0 Å². The number of carbonyl (C=O) groups excluding carboxylic acids is 2. The number of hydrogen-bond acceptors (Lipinski definition) is 3. The molecule has 0 saturated carbocycles. The lowest BCUT2D eigenvalue weighted by Crippen LogP contribution is -2.31. The first-order chi connectivity index (χ1) is 13.0. The maximum absolute atomic E-state index is 12.9. The van der Waals surface area contributed by atoms with Crippen molar-refractivity contribution in [3.05, 3.63) is 47.0 Å². The minimum Gasteiger partial charge on any atom is -0.339 e. The lowest BCUT2D eigenvalue weighted by molar-refractivity contribution is 0.0775. The summed E-state index contributed by atoms with van der Waals surface area (Å²) in [6, 6.07) is 7.67. The van der Waals surface area contributed by atoms with E-state index in [2.05, 4.69) is 17.2 Å². The van der Waals surface area contributed by atoms with Crippen molar-refractivity contribution in [2.45, 2.75) is 52.5 Å². The molecule has 0 radical (unpaired) electrons. The lowest BCUT2D eigenvalue weighted by Gasteiger charge is -2.20. The zero-order valence-corrected chi connectivity index (χ0v) is 16.4. The molecule has 1 aliphatic rings. The minimum absolute atomic E-state index is 0.110. The van der Waals surface area contributed by atoms with Gasteiger partial charge in [-0.1, -0.05) is 25.5 Å². The number of fused-ring (bicyclic) bond motifs is 1. The molecule has 27 heavy (non-hydrogen) atoms. The Bertz CT molecular complexity index is 841. The van der Waals surface area contributed by atoms with Crippen LogP contribution >= 0.6 is 0 Å². The van der Waals surface area contributed by atoms with E-state index in [-0.39, 0.29) is 11.8 Å². The standard InChI is InChI=1S/C21H28N4O2/c1-4-5-12-24(3)21(27)19-23-18(17-11-6-7-13-25(17)19)20(26)22-16-10-8-9-15(2)14-16/h8-10,14H,4-7,11-13H2,1-3H3,(H,22,26). The van der Waals surface area contributed by atoms with Crippen LogP contribution in [0.1, 0.15) is 65.0 Å². The highest BCUT2D eigenvalue weighted by Crippen LogP contribution is 2.23. The van der Waals surface area contributed by atoms with Crippen LogP contribution in [0.5, 0.6) is 0 Å². The number of aryl methyl sites for hydroxylation is 1. The van der Waals surface area contributed by atoms with E-state index in [1.54, 1.807) is 11.9 Å². The Hall–Kier alpha value is -2.63. The SMILES string of the molecule is CCCCN(C)C(=O)c1nc(C(=O)Nc2cccc(C)c2)c2n1CCCC2. The van der Waals surface area contributed by atoms with E-state index in [1.807, 2.05) is 35.8 Å². The number of carbonyl (C=O) groups is 2. The molecule has 1 N–H and O–H groups in total. The summed E-state index contributed by atoms with van der Waals surface area (Å²) in [5.41, 5.74) is 3.07. The van der Waals surface area contributed by atoms with E-state index in [4.69, 9.17) is 0 Å². The molecule has 1 aromatic heterocycles. The number of nitrogens with zero attached hydrogens (tertiary/aromatic N) is 3. The molecule has 3 rings (SSSR count). The summed E-state index contributed by atoms with van der Waals surface area (Å²) in [5, 5.41) is 2.93. The highest BCUT2D eigenvalue weighted by atomic mass is 16.2. The fourth-order valence-corrected chi connectivity index (χ4v) is 3.47. The van der Waals surface area contributed by atoms with Crippen LogP contribution < -0.4 is 5.32 Å². The van der Waals surface area contributed by atoms with Crippen LogP contribution in [-0.4, -0.2) is 39.9 Å². The van der Waals surface area contributed by atoms with E-state index in [0.29, 0.717) is 18.1 Å². The predicted octanol–water partition coefficient (Wildman–Crippen LogP) is 3.65. The van der Waals surface area contributed by atoms with Crippen LogP contribution in [0.2, 0.25) is 0 Å². The van der Waals surface area contributed by atoms with E-state index in [1.165, 1.54) is 0 Å². The van der Waals surface area contributed by atoms with E-state index >= 15 is 0 Å². The maximum Gasteiger partial charge on any atom is 0.289 e. The summed E-state index contributed by atoms with van der Waals surface area (Å²) >= 11 is 0. The van der Waals surface area contributed by atoms with Crippen LogP contribution in [0.25, 0.3) is 0 Å². The second-order valence-corrected chi connectivity index (χ2v) is 7.24. The Kier molecular flexibility index (Phi) is 5.94. The van der Waals surface area contributed by atoms with Gasteiger partial charge >= 0.3 is 0 Å². The van der Waals surface area contributed by atoms with Gasteiger partial charge in [0.05, 0.1) is 5.69 Å². The van der Waals surface area contributed by atoms with Crippen LogP contribution in [-0.2, 0) is 13.0 Å². The van der Waals surface area contributed by atoms with Gasteiger partial charge < -0.3 is 14.8 Å². The van der Waals surface area contributed by atoms with Crippen molar-refractivity contribution < 1.29 is 9.59 Å². The molecule has 6 heteroatoms. The molecular weight excluding hydrogens is 340 g/mol. The number of rotatable bonds is 6. The number of nitrogens with one attached hydrogen (secondary N) is 1. The van der Waals surface area contributed by atoms with Crippen LogP contribution in [0.3, 0.4) is 0 Å². The second-order valence-electron chi connectivity index (χ2n) is 7.24. The number of aromatic nitrogens is 2. The number of benzene rings is 1. The van der Waals surface area contributed by atoms with Gasteiger partial charge in [-0.05, 0) is 50.3 Å². The van der Waals surface area contributed by atoms with Crippen molar-refractivity contribution in [3.63, 3.8) is 0 Å². The van der Waals surface area contributed by atoms with Gasteiger partial charge in [-0.2, -0.15) is 0 Å². The molecule has 1 aliphatic heterocycles. The van der Waals surface area contributed by atoms with Gasteiger partial charge in [0.2, 0.25) is 0 Å². The molecule has 2 amide bonds. The van der Waals surface area contributed by atoms with Crippen LogP contribution in [0.4, 0.5) is 5.69 Å². The molecule has 0 bridgehead atoms. The topological polar surface area (TPSA) is 67.2 Å². The van der Waals surface area contributed by atoms with Gasteiger partial charge in [0.15, 0.2) is 11.5 Å². The first kappa shape index (κ1) is 19.1. The highest BCUT2D eigenvalue weighted by molar-refractivity contribution is 6.05. The van der Waals surface area contributed by atoms with Crippen LogP contribution in [0.15, 0.2) is 24.3 Å². The third kappa shape index (κ3) is 4.21. The summed E-state index contributed by atoms with van der Waals surface area (Å²) in [6.45, 7) is 5.52. The van der Waals surface area contributed by atoms with Crippen LogP contribution in [0, 0.1) is 6.92 Å². The van der Waals surface area contributed by atoms with Crippen molar-refractivity contribution in [3.8, 4) is 0 Å². The number of unbranched alkanes of at least 4 members (excludes halogenated alkanes) is 1. The molecular formula is C21H28N4O2. The fraction of sp³-hybridized carbons (Fsp3) is 0.476. The molecule has 1 aromatic carbocycles. The average molecular weight is 368 g/mol. The Balaban J connectivity index is 1.88. The summed E-state index contributed by atoms with van der Waals surface area (Å²) in [7, 11) is 1.80. The lowest BCUT2D eigenvalue weighted by atomic mass is 10.1. The Morgan fingerprint density at radius 3 is 2.85 bits per heavy atom. The van der Waals surface area contributed by atoms with E-state index < -0.39 is 0 Å². The summed E-state index contributed by atoms with van der Waals surface area (Å²) in [4.78, 5) is 31.9. The fourth-order valence-electron chi connectivity index (χ4n) is 3.47. The summed E-state index contributed by atoms with van der Waals surface area (Å²) in [6.07, 6.45) is 4.77. The van der Waals surface area contributed by atoms with Crippen molar-refractivity contribution in [2.24, 2.45) is 0 Å². The number of anilines is 1. The number of imidazole rings is 1. The Morgan fingerprint density at radius 1 is 1.30 bits per heavy atom. The molecule has 0 aliphatic carbocycles. The first-order valence-electron chi connectivity index (χ1n) is 9.74. The van der Waals surface area contributed by atoms with Crippen molar-refractivity contribution in [1.82, 2.24) is 14.5 Å². The third-order valence-electron chi connectivity index (χ3n) is 4.99. The van der Waals surface area contributed by atoms with Gasteiger partial charge in [-0.25, -0.2) is 4.98 Å². The molecule has 0 spiro atoms. The quantitative estimate of drug-likeness (QED) is 0.846. The third-order valence-corrected chi connectivity index (χ3v) is 4.99. The Morgan fingerprint density at radius 2 is 2.11 bits per heavy atom. The van der Waals surface area contributed by atoms with E-state index in [0.717, 1.165) is 55.6 Å². The minimum atomic E-state index is -0.249. The molecule has 2 heterocycles. The molecule has 2 aromatic rings. The molecule has 0 saturated heterocycles. The zero-order valence-electron chi connectivity index (χ0n) is 16.4. The Labute approximate surface area is 160 Å². The maximum atomic E-state index is 12.9. The van der Waals surface area contributed by atoms with Gasteiger partial charge in [-0.15, -0.1) is 0 Å². The smallest absolute Gasteiger partial charge is 0.289 e. The van der Waals surface area contributed by atoms with Crippen molar-refractivity contribution in [1.29, 1.82) is 0 Å². The van der Waals surface area contributed by atoms with Gasteiger partial charge in [0.25, 0.3) is 11.8 Å². The molecule has 0 fully saturated rings. The van der Waals surface area contributed by atoms with Gasteiger partial charge in [-0.3, -0.25) is 9.59 Å². The number of hydrogen-bond donors (Lipinski definition) is 1.